The number of aromatic nitrogens is 2. The number of fused-ring (bicyclic) bond motifs is 4. The van der Waals surface area contributed by atoms with E-state index in [9.17, 15) is 22.4 Å². The monoisotopic (exact) mass is 489 g/mol. The van der Waals surface area contributed by atoms with Crippen molar-refractivity contribution in [2.75, 3.05) is 0 Å². The van der Waals surface area contributed by atoms with Crippen LogP contribution >= 0.6 is 0 Å². The normalized spacial score (nSPS) is 12.0. The summed E-state index contributed by atoms with van der Waals surface area (Å²) in [6, 6.07) is 16.1. The SMILES string of the molecule is CC(C)Oc1cc2c(=O)c3c4ccc(C#N)cc4[nH]c3n(C)c2cc1-c1cccc(S(=O)(=O)F)c1. The summed E-state index contributed by atoms with van der Waals surface area (Å²) in [7, 11) is -3.09. The molecule has 3 aromatic carbocycles. The van der Waals surface area contributed by atoms with E-state index in [1.807, 2.05) is 18.4 Å². The second-order valence-corrected chi connectivity index (χ2v) is 9.95. The zero-order valence-electron chi connectivity index (χ0n) is 19.1. The smallest absolute Gasteiger partial charge is 0.332 e. The molecule has 1 N–H and O–H groups in total. The van der Waals surface area contributed by atoms with Gasteiger partial charge in [0.05, 0.1) is 38.9 Å². The standard InChI is InChI=1S/C26H20FN3O4S/c1-14(2)34-23-12-20-22(11-19(23)16-5-4-6-17(10-16)35(27,32)33)30(3)26-24(25(20)31)18-8-7-15(13-28)9-21(18)29-26/h4-12,14,29H,1-3H3. The van der Waals surface area contributed by atoms with Crippen LogP contribution in [0.4, 0.5) is 3.89 Å². The average molecular weight is 490 g/mol. The van der Waals surface area contributed by atoms with E-state index in [-0.39, 0.29) is 11.5 Å². The minimum absolute atomic E-state index is 0.204. The van der Waals surface area contributed by atoms with Gasteiger partial charge in [-0.3, -0.25) is 4.79 Å². The van der Waals surface area contributed by atoms with Crippen molar-refractivity contribution in [1.29, 1.82) is 5.26 Å². The molecule has 5 rings (SSSR count). The predicted molar refractivity (Wildman–Crippen MR) is 133 cm³/mol. The quantitative estimate of drug-likeness (QED) is 0.351. The number of nitriles is 1. The van der Waals surface area contributed by atoms with Crippen LogP contribution in [0.2, 0.25) is 0 Å². The average Bonchev–Trinajstić information content (AvgIpc) is 3.20. The first-order chi connectivity index (χ1) is 16.6. The van der Waals surface area contributed by atoms with Gasteiger partial charge in [0.15, 0.2) is 5.43 Å². The molecule has 0 saturated carbocycles. The summed E-state index contributed by atoms with van der Waals surface area (Å²) >= 11 is 0. The molecular weight excluding hydrogens is 469 g/mol. The second kappa shape index (κ2) is 7.96. The Labute approximate surface area is 200 Å². The lowest BCUT2D eigenvalue weighted by molar-refractivity contribution is 0.244. The molecular formula is C26H20FN3O4S. The largest absolute Gasteiger partial charge is 0.490 e. The summed E-state index contributed by atoms with van der Waals surface area (Å²) in [5.74, 6) is 0.379. The molecule has 2 aromatic heterocycles. The number of halogens is 1. The molecule has 7 nitrogen and oxygen atoms in total. The minimum Gasteiger partial charge on any atom is -0.490 e. The van der Waals surface area contributed by atoms with Gasteiger partial charge in [-0.25, -0.2) is 0 Å². The van der Waals surface area contributed by atoms with E-state index in [0.717, 1.165) is 0 Å². The number of nitrogens with one attached hydrogen (secondary N) is 1. The molecule has 0 atom stereocenters. The summed E-state index contributed by atoms with van der Waals surface area (Å²) in [6.07, 6.45) is -0.232. The van der Waals surface area contributed by atoms with Crippen LogP contribution in [0.15, 0.2) is 64.3 Å². The van der Waals surface area contributed by atoms with Crippen LogP contribution in [0.3, 0.4) is 0 Å². The van der Waals surface area contributed by atoms with Crippen molar-refractivity contribution in [1.82, 2.24) is 9.55 Å². The maximum atomic E-state index is 13.7. The lowest BCUT2D eigenvalue weighted by Crippen LogP contribution is -2.11. The highest BCUT2D eigenvalue weighted by Gasteiger charge is 2.20. The summed E-state index contributed by atoms with van der Waals surface area (Å²) in [4.78, 5) is 16.4. The summed E-state index contributed by atoms with van der Waals surface area (Å²) in [5, 5.41) is 10.9. The fourth-order valence-electron chi connectivity index (χ4n) is 4.41. The number of rotatable bonds is 4. The van der Waals surface area contributed by atoms with E-state index < -0.39 is 15.1 Å². The van der Waals surface area contributed by atoms with Crippen LogP contribution < -0.4 is 10.2 Å². The number of nitrogens with zero attached hydrogens (tertiary/aromatic N) is 2. The van der Waals surface area contributed by atoms with Crippen LogP contribution in [0, 0.1) is 11.3 Å². The number of aryl methyl sites for hydroxylation is 1. The van der Waals surface area contributed by atoms with E-state index in [0.29, 0.717) is 55.3 Å². The molecule has 0 aliphatic heterocycles. The molecule has 0 saturated heterocycles. The molecule has 0 bridgehead atoms. The third kappa shape index (κ3) is 3.72. The Morgan fingerprint density at radius 1 is 1.09 bits per heavy atom. The van der Waals surface area contributed by atoms with Crippen molar-refractivity contribution < 1.29 is 17.0 Å². The van der Waals surface area contributed by atoms with Crippen LogP contribution in [0.25, 0.3) is 44.0 Å². The van der Waals surface area contributed by atoms with E-state index in [2.05, 4.69) is 11.1 Å². The molecule has 2 heterocycles. The Bertz CT molecular complexity index is 1880. The van der Waals surface area contributed by atoms with Gasteiger partial charge >= 0.3 is 10.2 Å². The van der Waals surface area contributed by atoms with Gasteiger partial charge in [-0.05, 0) is 55.8 Å². The van der Waals surface area contributed by atoms with Crippen molar-refractivity contribution in [3.63, 3.8) is 0 Å². The van der Waals surface area contributed by atoms with Crippen molar-refractivity contribution in [2.24, 2.45) is 7.05 Å². The van der Waals surface area contributed by atoms with Gasteiger partial charge < -0.3 is 14.3 Å². The molecule has 0 unspecified atom stereocenters. The number of ether oxygens (including phenoxy) is 1. The van der Waals surface area contributed by atoms with E-state index in [1.165, 1.54) is 18.2 Å². The molecule has 0 spiro atoms. The van der Waals surface area contributed by atoms with Gasteiger partial charge in [-0.2, -0.15) is 13.7 Å². The molecule has 0 radical (unpaired) electrons. The molecule has 0 amide bonds. The van der Waals surface area contributed by atoms with Gasteiger partial charge in [0.2, 0.25) is 0 Å². The molecule has 9 heteroatoms. The van der Waals surface area contributed by atoms with E-state index in [4.69, 9.17) is 4.74 Å². The summed E-state index contributed by atoms with van der Waals surface area (Å²) in [5.41, 5.74) is 3.05. The second-order valence-electron chi connectivity index (χ2n) is 8.61. The Kier molecular flexibility index (Phi) is 5.15. The first-order valence-electron chi connectivity index (χ1n) is 10.8. The number of pyridine rings is 1. The van der Waals surface area contributed by atoms with Gasteiger partial charge in [-0.1, -0.05) is 18.2 Å². The van der Waals surface area contributed by atoms with Gasteiger partial charge in [0.25, 0.3) is 0 Å². The van der Waals surface area contributed by atoms with Crippen molar-refractivity contribution in [3.05, 3.63) is 70.4 Å². The van der Waals surface area contributed by atoms with Gasteiger partial charge in [0.1, 0.15) is 11.4 Å². The minimum atomic E-state index is -4.90. The van der Waals surface area contributed by atoms with Crippen LogP contribution in [0.5, 0.6) is 5.75 Å². The van der Waals surface area contributed by atoms with Crippen LogP contribution in [0.1, 0.15) is 19.4 Å². The van der Waals surface area contributed by atoms with Crippen molar-refractivity contribution in [2.45, 2.75) is 24.8 Å². The Morgan fingerprint density at radius 3 is 2.54 bits per heavy atom. The van der Waals surface area contributed by atoms with Crippen LogP contribution in [-0.2, 0) is 17.3 Å². The Balaban J connectivity index is 1.88. The number of hydrogen-bond acceptors (Lipinski definition) is 5. The maximum Gasteiger partial charge on any atom is 0.332 e. The summed E-state index contributed by atoms with van der Waals surface area (Å²) in [6.45, 7) is 3.67. The first-order valence-corrected chi connectivity index (χ1v) is 12.2. The first kappa shape index (κ1) is 22.6. The van der Waals surface area contributed by atoms with Crippen molar-refractivity contribution in [3.8, 4) is 22.9 Å². The van der Waals surface area contributed by atoms with Crippen LogP contribution in [-0.4, -0.2) is 24.1 Å². The molecule has 0 aliphatic rings. The Morgan fingerprint density at radius 2 is 1.86 bits per heavy atom. The fraction of sp³-hybridized carbons (Fsp3) is 0.154. The van der Waals surface area contributed by atoms with Gasteiger partial charge in [0, 0.05) is 23.5 Å². The highest BCUT2D eigenvalue weighted by molar-refractivity contribution is 7.86. The topological polar surface area (TPSA) is 105 Å². The third-order valence-corrected chi connectivity index (χ3v) is 6.78. The zero-order chi connectivity index (χ0) is 25.1. The highest BCUT2D eigenvalue weighted by Crippen LogP contribution is 2.37. The molecule has 0 aliphatic carbocycles. The lowest BCUT2D eigenvalue weighted by atomic mass is 10.0. The number of benzene rings is 3. The molecule has 35 heavy (non-hydrogen) atoms. The fourth-order valence-corrected chi connectivity index (χ4v) is 4.92. The molecule has 0 fully saturated rings. The predicted octanol–water partition coefficient (Wildman–Crippen LogP) is 5.16. The van der Waals surface area contributed by atoms with E-state index in [1.54, 1.807) is 43.4 Å². The Hall–Kier alpha value is -4.16. The molecule has 5 aromatic rings. The van der Waals surface area contributed by atoms with Gasteiger partial charge in [-0.15, -0.1) is 3.89 Å². The lowest BCUT2D eigenvalue weighted by Gasteiger charge is -2.17. The number of aromatic amines is 1. The maximum absolute atomic E-state index is 13.7. The van der Waals surface area contributed by atoms with E-state index >= 15 is 0 Å². The molecule has 176 valence electrons. The highest BCUT2D eigenvalue weighted by atomic mass is 32.3. The number of hydrogen-bond donors (Lipinski definition) is 1. The zero-order valence-corrected chi connectivity index (χ0v) is 19.9. The number of H-pyrrole nitrogens is 1. The third-order valence-electron chi connectivity index (χ3n) is 5.96. The van der Waals surface area contributed by atoms with Crippen molar-refractivity contribution >= 4 is 43.1 Å². The summed E-state index contributed by atoms with van der Waals surface area (Å²) < 4.78 is 44.5.